The smallest absolute Gasteiger partial charge is 0.152 e. The van der Waals surface area contributed by atoms with Crippen LogP contribution >= 0.6 is 0 Å². The van der Waals surface area contributed by atoms with E-state index in [1.165, 1.54) is 5.56 Å². The van der Waals surface area contributed by atoms with Crippen molar-refractivity contribution in [2.75, 3.05) is 0 Å². The number of carbonyl (C=O) groups excluding carboxylic acids is 1. The number of para-hydroxylation sites is 1. The molecule has 3 aromatic rings. The second-order valence-electron chi connectivity index (χ2n) is 4.52. The maximum absolute atomic E-state index is 11.1. The van der Waals surface area contributed by atoms with E-state index in [9.17, 15) is 4.79 Å². The van der Waals surface area contributed by atoms with E-state index in [2.05, 4.69) is 15.6 Å². The molecule has 0 amide bonds. The van der Waals surface area contributed by atoms with Crippen LogP contribution in [0, 0.1) is 0 Å². The van der Waals surface area contributed by atoms with Gasteiger partial charge in [0.15, 0.2) is 6.29 Å². The second-order valence-corrected chi connectivity index (χ2v) is 4.52. The van der Waals surface area contributed by atoms with E-state index in [1.54, 1.807) is 12.4 Å². The lowest BCUT2D eigenvalue weighted by Crippen LogP contribution is -2.01. The van der Waals surface area contributed by atoms with Gasteiger partial charge in [-0.3, -0.25) is 9.78 Å². The average Bonchev–Trinajstić information content (AvgIpc) is 2.89. The Morgan fingerprint density at radius 3 is 2.74 bits per heavy atom. The van der Waals surface area contributed by atoms with Crippen LogP contribution in [-0.4, -0.2) is 15.8 Å². The van der Waals surface area contributed by atoms with Crippen molar-refractivity contribution < 1.29 is 4.79 Å². The van der Waals surface area contributed by atoms with Gasteiger partial charge in [0.05, 0.1) is 5.52 Å². The lowest BCUT2D eigenvalue weighted by atomic mass is 10.1. The minimum Gasteiger partial charge on any atom is -0.347 e. The largest absolute Gasteiger partial charge is 0.347 e. The Balaban J connectivity index is 1.91. The summed E-state index contributed by atoms with van der Waals surface area (Å²) in [7, 11) is 0. The van der Waals surface area contributed by atoms with Crippen LogP contribution in [0.1, 0.15) is 15.9 Å². The van der Waals surface area contributed by atoms with Crippen molar-refractivity contribution in [2.24, 2.45) is 0 Å². The fourth-order valence-corrected chi connectivity index (χ4v) is 2.37. The van der Waals surface area contributed by atoms with E-state index < -0.39 is 0 Å². The first-order valence-electron chi connectivity index (χ1n) is 6.30. The summed E-state index contributed by atoms with van der Waals surface area (Å²) in [5.74, 6) is 0. The van der Waals surface area contributed by atoms with Gasteiger partial charge in [-0.25, -0.2) is 0 Å². The number of carbonyl (C=O) groups is 1. The van der Waals surface area contributed by atoms with Gasteiger partial charge in [-0.1, -0.05) is 12.1 Å². The Morgan fingerprint density at radius 2 is 1.95 bits per heavy atom. The molecule has 0 fully saturated rings. The Labute approximate surface area is 111 Å². The number of rotatable bonds is 4. The number of pyridine rings is 1. The summed E-state index contributed by atoms with van der Waals surface area (Å²) >= 11 is 0. The first kappa shape index (κ1) is 11.7. The minimum atomic E-state index is 0.747. The number of aldehydes is 1. The summed E-state index contributed by atoms with van der Waals surface area (Å²) in [5, 5.41) is 1.11. The maximum atomic E-state index is 11.1. The average molecular weight is 250 g/mol. The third-order valence-corrected chi connectivity index (χ3v) is 3.34. The molecular weight excluding hydrogens is 236 g/mol. The molecule has 3 heteroatoms. The first-order valence-corrected chi connectivity index (χ1v) is 6.30. The van der Waals surface area contributed by atoms with Gasteiger partial charge in [0.25, 0.3) is 0 Å². The number of hydrogen-bond donors (Lipinski definition) is 0. The number of benzene rings is 1. The molecule has 3 rings (SSSR count). The Hall–Kier alpha value is -2.42. The minimum absolute atomic E-state index is 0.747. The summed E-state index contributed by atoms with van der Waals surface area (Å²) < 4.78 is 2.14. The zero-order valence-corrected chi connectivity index (χ0v) is 10.5. The van der Waals surface area contributed by atoms with Crippen molar-refractivity contribution in [3.8, 4) is 0 Å². The molecule has 0 bridgehead atoms. The van der Waals surface area contributed by atoms with Crippen LogP contribution < -0.4 is 0 Å². The standard InChI is InChI=1S/C16H14N2O/c19-12-15-3-1-2-14-7-11-18(16(14)15)10-6-13-4-8-17-9-5-13/h1-5,7-9,11-12H,6,10H2. The quantitative estimate of drug-likeness (QED) is 0.667. The molecule has 1 aromatic carbocycles. The molecule has 2 aromatic heterocycles. The normalized spacial score (nSPS) is 10.7. The Bertz CT molecular complexity index is 701. The molecule has 19 heavy (non-hydrogen) atoms. The number of aryl methyl sites for hydroxylation is 2. The molecule has 0 saturated carbocycles. The highest BCUT2D eigenvalue weighted by molar-refractivity contribution is 5.96. The van der Waals surface area contributed by atoms with Crippen LogP contribution in [0.15, 0.2) is 55.0 Å². The van der Waals surface area contributed by atoms with E-state index in [4.69, 9.17) is 0 Å². The SMILES string of the molecule is O=Cc1cccc2ccn(CCc3ccncc3)c12. The van der Waals surface area contributed by atoms with E-state index in [1.807, 2.05) is 36.5 Å². The van der Waals surface area contributed by atoms with E-state index >= 15 is 0 Å². The van der Waals surface area contributed by atoms with Crippen LogP contribution in [0.25, 0.3) is 10.9 Å². The molecule has 3 nitrogen and oxygen atoms in total. The summed E-state index contributed by atoms with van der Waals surface area (Å²) in [6.07, 6.45) is 7.50. The highest BCUT2D eigenvalue weighted by atomic mass is 16.1. The number of fused-ring (bicyclic) bond motifs is 1. The fourth-order valence-electron chi connectivity index (χ4n) is 2.37. The molecular formula is C16H14N2O. The van der Waals surface area contributed by atoms with E-state index in [-0.39, 0.29) is 0 Å². The van der Waals surface area contributed by atoms with Crippen molar-refractivity contribution in [1.29, 1.82) is 0 Å². The van der Waals surface area contributed by atoms with Gasteiger partial charge in [0, 0.05) is 36.1 Å². The van der Waals surface area contributed by atoms with E-state index in [0.717, 1.165) is 35.7 Å². The van der Waals surface area contributed by atoms with Gasteiger partial charge in [0.1, 0.15) is 0 Å². The van der Waals surface area contributed by atoms with Gasteiger partial charge < -0.3 is 4.57 Å². The van der Waals surface area contributed by atoms with Crippen LogP contribution in [-0.2, 0) is 13.0 Å². The zero-order chi connectivity index (χ0) is 13.1. The van der Waals surface area contributed by atoms with Gasteiger partial charge in [-0.05, 0) is 36.2 Å². The molecule has 0 aliphatic carbocycles. The van der Waals surface area contributed by atoms with Crippen LogP contribution in [0.3, 0.4) is 0 Å². The number of aromatic nitrogens is 2. The second kappa shape index (κ2) is 5.06. The molecule has 94 valence electrons. The fraction of sp³-hybridized carbons (Fsp3) is 0.125. The van der Waals surface area contributed by atoms with Crippen molar-refractivity contribution >= 4 is 17.2 Å². The van der Waals surface area contributed by atoms with Gasteiger partial charge in [-0.2, -0.15) is 0 Å². The predicted octanol–water partition coefficient (Wildman–Crippen LogP) is 3.09. The third kappa shape index (κ3) is 2.27. The summed E-state index contributed by atoms with van der Waals surface area (Å²) in [5.41, 5.74) is 3.02. The molecule has 0 saturated heterocycles. The van der Waals surface area contributed by atoms with Crippen LogP contribution in [0.2, 0.25) is 0 Å². The number of nitrogens with zero attached hydrogens (tertiary/aromatic N) is 2. The molecule has 0 unspecified atom stereocenters. The predicted molar refractivity (Wildman–Crippen MR) is 75.3 cm³/mol. The van der Waals surface area contributed by atoms with Crippen molar-refractivity contribution in [3.05, 3.63) is 66.1 Å². The molecule has 0 N–H and O–H groups in total. The van der Waals surface area contributed by atoms with Gasteiger partial charge in [0.2, 0.25) is 0 Å². The summed E-state index contributed by atoms with van der Waals surface area (Å²) in [6.45, 7) is 0.859. The first-order chi connectivity index (χ1) is 9.38. The zero-order valence-electron chi connectivity index (χ0n) is 10.5. The highest BCUT2D eigenvalue weighted by Crippen LogP contribution is 2.19. The maximum Gasteiger partial charge on any atom is 0.152 e. The third-order valence-electron chi connectivity index (χ3n) is 3.34. The van der Waals surface area contributed by atoms with Gasteiger partial charge >= 0.3 is 0 Å². The van der Waals surface area contributed by atoms with Crippen molar-refractivity contribution in [1.82, 2.24) is 9.55 Å². The lowest BCUT2D eigenvalue weighted by molar-refractivity contribution is 0.112. The summed E-state index contributed by atoms with van der Waals surface area (Å²) in [6, 6.07) is 11.9. The number of hydrogen-bond acceptors (Lipinski definition) is 2. The monoisotopic (exact) mass is 250 g/mol. The van der Waals surface area contributed by atoms with Crippen molar-refractivity contribution in [3.63, 3.8) is 0 Å². The van der Waals surface area contributed by atoms with Gasteiger partial charge in [-0.15, -0.1) is 0 Å². The van der Waals surface area contributed by atoms with Crippen LogP contribution in [0.5, 0.6) is 0 Å². The molecule has 0 radical (unpaired) electrons. The topological polar surface area (TPSA) is 34.9 Å². The molecule has 0 aliphatic rings. The molecule has 0 aliphatic heterocycles. The van der Waals surface area contributed by atoms with E-state index in [0.29, 0.717) is 0 Å². The molecule has 0 atom stereocenters. The Kier molecular flexibility index (Phi) is 3.11. The van der Waals surface area contributed by atoms with Crippen LogP contribution in [0.4, 0.5) is 0 Å². The lowest BCUT2D eigenvalue weighted by Gasteiger charge is -2.07. The molecule has 2 heterocycles. The molecule has 0 spiro atoms. The Morgan fingerprint density at radius 1 is 1.11 bits per heavy atom. The summed E-state index contributed by atoms with van der Waals surface area (Å²) in [4.78, 5) is 15.1. The highest BCUT2D eigenvalue weighted by Gasteiger charge is 2.05. The van der Waals surface area contributed by atoms with Crippen molar-refractivity contribution in [2.45, 2.75) is 13.0 Å².